The van der Waals surface area contributed by atoms with Crippen molar-refractivity contribution in [3.05, 3.63) is 214 Å². The second-order valence-corrected chi connectivity index (χ2v) is 15.6. The van der Waals surface area contributed by atoms with Crippen molar-refractivity contribution in [3.63, 3.8) is 0 Å². The van der Waals surface area contributed by atoms with Crippen LogP contribution in [0.25, 0.3) is 99.8 Å². The predicted octanol–water partition coefficient (Wildman–Crippen LogP) is 14.9. The third-order valence-corrected chi connectivity index (χ3v) is 11.8. The number of aromatic nitrogens is 3. The topological polar surface area (TPSA) is 63.2 Å². The molecule has 3 heterocycles. The summed E-state index contributed by atoms with van der Waals surface area (Å²) < 4.78 is 4.34. The van der Waals surface area contributed by atoms with Crippen LogP contribution < -0.4 is 0 Å². The van der Waals surface area contributed by atoms with Crippen molar-refractivity contribution in [2.45, 2.75) is 13.8 Å². The molecule has 2 N–H and O–H groups in total. The first kappa shape index (κ1) is 42.7. The van der Waals surface area contributed by atoms with E-state index >= 15 is 0 Å². The Morgan fingerprint density at radius 3 is 1.00 bits per heavy atom. The number of rotatable bonds is 6. The molecule has 0 bridgehead atoms. The molecule has 0 aliphatic heterocycles. The number of aryl methyl sites for hydroxylation is 2. The molecule has 0 atom stereocenters. The number of pyridine rings is 1. The minimum atomic E-state index is 0. The van der Waals surface area contributed by atoms with Gasteiger partial charge in [0.1, 0.15) is 11.5 Å². The van der Waals surface area contributed by atoms with Gasteiger partial charge in [0.15, 0.2) is 0 Å². The first-order valence-electron chi connectivity index (χ1n) is 20.3. The Hall–Kier alpha value is -7.02. The maximum absolute atomic E-state index is 12.3. The number of nitrogens with zero attached hydrogens (tertiary/aromatic N) is 3. The van der Waals surface area contributed by atoms with Gasteiger partial charge in [-0.05, 0) is 96.8 Å². The number of phenols is 2. The fourth-order valence-corrected chi connectivity index (χ4v) is 9.25. The average Bonchev–Trinajstić information content (AvgIpc) is 3.81. The Kier molecular flexibility index (Phi) is 11.5. The van der Waals surface area contributed by atoms with Crippen molar-refractivity contribution in [2.24, 2.45) is 0 Å². The molecule has 63 heavy (non-hydrogen) atoms. The Labute approximate surface area is 387 Å². The van der Waals surface area contributed by atoms with E-state index in [9.17, 15) is 10.2 Å². The quantitative estimate of drug-likeness (QED) is 0.129. The molecule has 11 rings (SSSR count). The maximum atomic E-state index is 12.3. The van der Waals surface area contributed by atoms with E-state index in [0.717, 1.165) is 111 Å². The fraction of sp³-hybridized carbons (Fsp3) is 0.0351. The van der Waals surface area contributed by atoms with Crippen LogP contribution in [-0.2, 0) is 25.8 Å². The van der Waals surface area contributed by atoms with Crippen LogP contribution in [0.5, 0.6) is 11.5 Å². The summed E-state index contributed by atoms with van der Waals surface area (Å²) in [5.74, 6) is 0.407. The van der Waals surface area contributed by atoms with Gasteiger partial charge in [-0.15, -0.1) is 0 Å². The number of phenolic OH excluding ortho intramolecular Hbond substituents is 2. The second kappa shape index (κ2) is 17.0. The average molecular weight is 982 g/mol. The van der Waals surface area contributed by atoms with Gasteiger partial charge >= 0.3 is 0 Å². The molecule has 0 saturated heterocycles. The van der Waals surface area contributed by atoms with Crippen molar-refractivity contribution in [1.82, 2.24) is 14.1 Å². The molecule has 0 fully saturated rings. The zero-order chi connectivity index (χ0) is 40.5. The molecule has 306 valence electrons. The summed E-state index contributed by atoms with van der Waals surface area (Å²) in [6.45, 7) is 4.15. The number of hydrogen-bond acceptors (Lipinski definition) is 3. The van der Waals surface area contributed by atoms with Gasteiger partial charge in [0.2, 0.25) is 0 Å². The summed E-state index contributed by atoms with van der Waals surface area (Å²) in [7, 11) is 0. The number of para-hydroxylation sites is 4. The SMILES string of the molecule is Cc1cc(-c2ccccc2-c2cccc(-c3ccccc3-c3cc(C)cc(-n4c5ccccc5c5ccccc54)c3O)n2)c(O)c(-n2c3ccccc3c3ccccc32)c1.[CH3-].[CH3-].[Hf]. The third kappa shape index (κ3) is 6.95. The molecular formula is C57H45HfN3O2-2. The van der Waals surface area contributed by atoms with E-state index in [-0.39, 0.29) is 52.2 Å². The molecule has 0 aliphatic carbocycles. The minimum Gasteiger partial charge on any atom is -0.505 e. The standard InChI is InChI=1S/C55H39N3O2.2CH3.Hf/c1-34-30-44(54(59)52(32-34)57-48-26-11-7-20-40(48)41-21-8-12-27-49(41)57)36-16-3-5-18-38(36)46-24-15-25-47(56-46)39-19-6-4-17-37(39)45-31-35(2)33-53(55(45)60)58-50-28-13-9-22-42(50)43-23-10-14-29-51(43)58;;;/h3-33,59-60H,1-2H3;2*1H3;/q;2*-1;. The van der Waals surface area contributed by atoms with Gasteiger partial charge in [-0.2, -0.15) is 0 Å². The van der Waals surface area contributed by atoms with Gasteiger partial charge in [0.05, 0.1) is 44.8 Å². The van der Waals surface area contributed by atoms with Crippen LogP contribution in [0.3, 0.4) is 0 Å². The summed E-state index contributed by atoms with van der Waals surface area (Å²) in [6.07, 6.45) is 0. The van der Waals surface area contributed by atoms with Gasteiger partial charge in [0.25, 0.3) is 0 Å². The van der Waals surface area contributed by atoms with E-state index in [4.69, 9.17) is 4.98 Å². The van der Waals surface area contributed by atoms with Crippen LogP contribution in [0.15, 0.2) is 188 Å². The van der Waals surface area contributed by atoms with Crippen molar-refractivity contribution < 1.29 is 36.1 Å². The van der Waals surface area contributed by atoms with E-state index in [1.165, 1.54) is 0 Å². The summed E-state index contributed by atoms with van der Waals surface area (Å²) in [6, 6.07) is 64.0. The zero-order valence-electron chi connectivity index (χ0n) is 35.6. The van der Waals surface area contributed by atoms with Crippen LogP contribution in [0.2, 0.25) is 0 Å². The summed E-state index contributed by atoms with van der Waals surface area (Å²) in [5.41, 5.74) is 14.2. The van der Waals surface area contributed by atoms with Crippen LogP contribution >= 0.6 is 0 Å². The molecule has 0 saturated carbocycles. The molecule has 11 aromatic rings. The Morgan fingerprint density at radius 2 is 0.651 bits per heavy atom. The Balaban J connectivity index is 0.00000181. The van der Waals surface area contributed by atoms with E-state index in [1.54, 1.807) is 0 Å². The van der Waals surface area contributed by atoms with E-state index in [2.05, 4.69) is 144 Å². The zero-order valence-corrected chi connectivity index (χ0v) is 39.2. The Morgan fingerprint density at radius 1 is 0.349 bits per heavy atom. The van der Waals surface area contributed by atoms with Gasteiger partial charge in [-0.25, -0.2) is 4.98 Å². The van der Waals surface area contributed by atoms with Gasteiger partial charge in [-0.3, -0.25) is 0 Å². The summed E-state index contributed by atoms with van der Waals surface area (Å²) >= 11 is 0. The van der Waals surface area contributed by atoms with Crippen LogP contribution in [0, 0.1) is 28.7 Å². The summed E-state index contributed by atoms with van der Waals surface area (Å²) in [5, 5.41) is 29.2. The van der Waals surface area contributed by atoms with Gasteiger partial charge in [0, 0.05) is 69.6 Å². The molecule has 0 amide bonds. The van der Waals surface area contributed by atoms with Crippen molar-refractivity contribution >= 4 is 43.6 Å². The van der Waals surface area contributed by atoms with Crippen LogP contribution in [-0.4, -0.2) is 24.3 Å². The number of benzene rings is 8. The maximum Gasteiger partial charge on any atom is 0.147 e. The molecule has 6 heteroatoms. The van der Waals surface area contributed by atoms with Gasteiger partial charge < -0.3 is 34.2 Å². The van der Waals surface area contributed by atoms with Crippen molar-refractivity contribution in [2.75, 3.05) is 0 Å². The van der Waals surface area contributed by atoms with E-state index in [1.807, 2.05) is 66.7 Å². The third-order valence-electron chi connectivity index (χ3n) is 11.8. The fourth-order valence-electron chi connectivity index (χ4n) is 9.25. The smallest absolute Gasteiger partial charge is 0.147 e. The monoisotopic (exact) mass is 983 g/mol. The molecule has 3 aromatic heterocycles. The number of aromatic hydroxyl groups is 2. The van der Waals surface area contributed by atoms with E-state index < -0.39 is 0 Å². The second-order valence-electron chi connectivity index (χ2n) is 15.6. The largest absolute Gasteiger partial charge is 0.505 e. The number of hydrogen-bond donors (Lipinski definition) is 2. The van der Waals surface area contributed by atoms with Gasteiger partial charge in [-0.1, -0.05) is 127 Å². The Bertz CT molecular complexity index is 3170. The molecule has 8 aromatic carbocycles. The van der Waals surface area contributed by atoms with Crippen LogP contribution in [0.4, 0.5) is 0 Å². The molecule has 0 radical (unpaired) electrons. The van der Waals surface area contributed by atoms with Crippen molar-refractivity contribution in [3.8, 4) is 67.6 Å². The first-order valence-corrected chi connectivity index (χ1v) is 20.3. The van der Waals surface area contributed by atoms with E-state index in [0.29, 0.717) is 0 Å². The molecule has 0 unspecified atom stereocenters. The molecule has 0 spiro atoms. The van der Waals surface area contributed by atoms with Crippen molar-refractivity contribution in [1.29, 1.82) is 0 Å². The normalized spacial score (nSPS) is 11.1. The minimum absolute atomic E-state index is 0. The molecular weight excluding hydrogens is 937 g/mol. The molecule has 5 nitrogen and oxygen atoms in total. The number of fused-ring (bicyclic) bond motifs is 6. The summed E-state index contributed by atoms with van der Waals surface area (Å²) in [4.78, 5) is 5.32. The molecule has 0 aliphatic rings. The van der Waals surface area contributed by atoms with Crippen LogP contribution in [0.1, 0.15) is 11.1 Å². The predicted molar refractivity (Wildman–Crippen MR) is 260 cm³/mol. The first-order chi connectivity index (χ1) is 29.4.